The van der Waals surface area contributed by atoms with E-state index in [9.17, 15) is 8.42 Å². The van der Waals surface area contributed by atoms with Gasteiger partial charge in [0.15, 0.2) is 0 Å². The predicted octanol–water partition coefficient (Wildman–Crippen LogP) is 2.67. The van der Waals surface area contributed by atoms with Gasteiger partial charge in [-0.25, -0.2) is 8.42 Å². The molecule has 21 heavy (non-hydrogen) atoms. The van der Waals surface area contributed by atoms with E-state index in [1.165, 1.54) is 7.11 Å². The van der Waals surface area contributed by atoms with Gasteiger partial charge in [0.25, 0.3) is 0 Å². The van der Waals surface area contributed by atoms with E-state index >= 15 is 0 Å². The average molecular weight is 312 g/mol. The molecule has 0 aliphatic heterocycles. The predicted molar refractivity (Wildman–Crippen MR) is 85.0 cm³/mol. The molecule has 0 saturated heterocycles. The Hall–Kier alpha value is -1.40. The first-order valence-corrected chi connectivity index (χ1v) is 8.64. The molecule has 0 aliphatic carbocycles. The molecule has 1 aromatic carbocycles. The molecule has 1 rings (SSSR count). The molecule has 0 aromatic heterocycles. The van der Waals surface area contributed by atoms with Crippen LogP contribution in [0.3, 0.4) is 0 Å². The topological polar surface area (TPSA) is 59.0 Å². The van der Waals surface area contributed by atoms with Crippen LogP contribution in [0.1, 0.15) is 32.3 Å². The van der Waals surface area contributed by atoms with Crippen molar-refractivity contribution in [1.29, 1.82) is 0 Å². The molecule has 0 bridgehead atoms. The molecule has 0 fully saturated rings. The maximum Gasteiger partial charge on any atom is 0.243 e. The van der Waals surface area contributed by atoms with Gasteiger partial charge in [0.1, 0.15) is 7.11 Å². The normalized spacial score (nSPS) is 12.2. The molecule has 0 atom stereocenters. The minimum atomic E-state index is -3.39. The summed E-state index contributed by atoms with van der Waals surface area (Å²) in [5.41, 5.74) is 0.993. The van der Waals surface area contributed by atoms with Crippen LogP contribution in [0.25, 0.3) is 0 Å². The Balaban J connectivity index is 2.90. The molecule has 0 aliphatic rings. The molecular formula is C15H24N2O3S. The summed E-state index contributed by atoms with van der Waals surface area (Å²) in [6.07, 6.45) is 3.88. The summed E-state index contributed by atoms with van der Waals surface area (Å²) in [6.45, 7) is 5.07. The maximum atomic E-state index is 12.6. The van der Waals surface area contributed by atoms with Gasteiger partial charge < -0.3 is 4.84 Å². The SMILES string of the molecule is CCCN(CCC)S(=O)(=O)c1ccc(CC=NOC)cc1. The van der Waals surface area contributed by atoms with E-state index in [4.69, 9.17) is 0 Å². The van der Waals surface area contributed by atoms with E-state index in [1.54, 1.807) is 22.7 Å². The molecule has 118 valence electrons. The lowest BCUT2D eigenvalue weighted by Gasteiger charge is -2.21. The number of rotatable bonds is 9. The van der Waals surface area contributed by atoms with E-state index in [-0.39, 0.29) is 0 Å². The first-order chi connectivity index (χ1) is 10.1. The van der Waals surface area contributed by atoms with Crippen molar-refractivity contribution in [2.45, 2.75) is 38.0 Å². The van der Waals surface area contributed by atoms with E-state index in [0.29, 0.717) is 24.4 Å². The fraction of sp³-hybridized carbons (Fsp3) is 0.533. The fourth-order valence-corrected chi connectivity index (χ4v) is 3.64. The fourth-order valence-electron chi connectivity index (χ4n) is 2.01. The summed E-state index contributed by atoms with van der Waals surface area (Å²) in [5, 5.41) is 3.66. The summed E-state index contributed by atoms with van der Waals surface area (Å²) in [4.78, 5) is 4.94. The van der Waals surface area contributed by atoms with Gasteiger partial charge in [-0.2, -0.15) is 4.31 Å². The summed E-state index contributed by atoms with van der Waals surface area (Å²) in [5.74, 6) is 0. The van der Waals surface area contributed by atoms with Crippen molar-refractivity contribution in [3.63, 3.8) is 0 Å². The average Bonchev–Trinajstić information content (AvgIpc) is 2.48. The van der Waals surface area contributed by atoms with Gasteiger partial charge in [-0.1, -0.05) is 31.1 Å². The van der Waals surface area contributed by atoms with Crippen molar-refractivity contribution < 1.29 is 13.3 Å². The first kappa shape index (κ1) is 17.7. The molecule has 0 heterocycles. The molecule has 0 unspecified atom stereocenters. The van der Waals surface area contributed by atoms with Gasteiger partial charge in [0.2, 0.25) is 10.0 Å². The summed E-state index contributed by atoms with van der Waals surface area (Å²) >= 11 is 0. The van der Waals surface area contributed by atoms with Crippen molar-refractivity contribution in [2.75, 3.05) is 20.2 Å². The third-order valence-electron chi connectivity index (χ3n) is 3.01. The van der Waals surface area contributed by atoms with Crippen molar-refractivity contribution in [2.24, 2.45) is 5.16 Å². The lowest BCUT2D eigenvalue weighted by atomic mass is 10.2. The van der Waals surface area contributed by atoms with Crippen LogP contribution >= 0.6 is 0 Å². The van der Waals surface area contributed by atoms with Crippen molar-refractivity contribution in [3.05, 3.63) is 29.8 Å². The second kappa shape index (κ2) is 8.79. The van der Waals surface area contributed by atoms with Crippen LogP contribution in [0.4, 0.5) is 0 Å². The van der Waals surface area contributed by atoms with Crippen LogP contribution < -0.4 is 0 Å². The summed E-state index contributed by atoms with van der Waals surface area (Å²) in [6, 6.07) is 6.93. The van der Waals surface area contributed by atoms with Crippen LogP contribution in [0.2, 0.25) is 0 Å². The molecule has 0 amide bonds. The third kappa shape index (κ3) is 5.13. The molecular weight excluding hydrogens is 288 g/mol. The second-order valence-corrected chi connectivity index (χ2v) is 6.66. The molecule has 1 aromatic rings. The highest BCUT2D eigenvalue weighted by molar-refractivity contribution is 7.89. The third-order valence-corrected chi connectivity index (χ3v) is 4.93. The highest BCUT2D eigenvalue weighted by Gasteiger charge is 2.22. The number of benzene rings is 1. The quantitative estimate of drug-likeness (QED) is 0.520. The molecule has 6 heteroatoms. The van der Waals surface area contributed by atoms with Gasteiger partial charge in [0.05, 0.1) is 4.90 Å². The molecule has 0 spiro atoms. The van der Waals surface area contributed by atoms with Gasteiger partial charge in [0, 0.05) is 25.7 Å². The summed E-state index contributed by atoms with van der Waals surface area (Å²) < 4.78 is 26.7. The Morgan fingerprint density at radius 1 is 1.14 bits per heavy atom. The second-order valence-electron chi connectivity index (χ2n) is 4.72. The van der Waals surface area contributed by atoms with Gasteiger partial charge in [-0.3, -0.25) is 0 Å². The van der Waals surface area contributed by atoms with Crippen molar-refractivity contribution in [1.82, 2.24) is 4.31 Å². The van der Waals surface area contributed by atoms with Crippen molar-refractivity contribution in [3.8, 4) is 0 Å². The van der Waals surface area contributed by atoms with Crippen LogP contribution in [0.5, 0.6) is 0 Å². The largest absolute Gasteiger partial charge is 0.399 e. The Morgan fingerprint density at radius 2 is 1.71 bits per heavy atom. The molecule has 0 radical (unpaired) electrons. The van der Waals surface area contributed by atoms with Crippen LogP contribution in [0.15, 0.2) is 34.3 Å². The van der Waals surface area contributed by atoms with E-state index in [2.05, 4.69) is 9.99 Å². The Labute approximate surface area is 127 Å². The lowest BCUT2D eigenvalue weighted by molar-refractivity contribution is 0.215. The van der Waals surface area contributed by atoms with Crippen LogP contribution in [-0.2, 0) is 21.3 Å². The number of hydrogen-bond acceptors (Lipinski definition) is 4. The maximum absolute atomic E-state index is 12.6. The van der Waals surface area contributed by atoms with E-state index < -0.39 is 10.0 Å². The molecule has 5 nitrogen and oxygen atoms in total. The Morgan fingerprint density at radius 3 is 2.19 bits per heavy atom. The standard InChI is InChI=1S/C15H24N2O3S/c1-4-12-17(13-5-2)21(18,19)15-8-6-14(7-9-15)10-11-16-20-3/h6-9,11H,4-5,10,12-13H2,1-3H3. The van der Waals surface area contributed by atoms with Gasteiger partial charge in [-0.05, 0) is 30.5 Å². The summed E-state index contributed by atoms with van der Waals surface area (Å²) in [7, 11) is -1.90. The minimum Gasteiger partial charge on any atom is -0.399 e. The highest BCUT2D eigenvalue weighted by atomic mass is 32.2. The van der Waals surface area contributed by atoms with E-state index in [1.807, 2.05) is 26.0 Å². The molecule has 0 N–H and O–H groups in total. The van der Waals surface area contributed by atoms with E-state index in [0.717, 1.165) is 18.4 Å². The highest BCUT2D eigenvalue weighted by Crippen LogP contribution is 2.17. The number of nitrogens with zero attached hydrogens (tertiary/aromatic N) is 2. The number of oxime groups is 1. The Bertz CT molecular complexity index is 533. The zero-order valence-electron chi connectivity index (χ0n) is 12.9. The minimum absolute atomic E-state index is 0.344. The molecule has 0 saturated carbocycles. The monoisotopic (exact) mass is 312 g/mol. The zero-order chi connectivity index (χ0) is 15.7. The van der Waals surface area contributed by atoms with Gasteiger partial charge in [-0.15, -0.1) is 0 Å². The lowest BCUT2D eigenvalue weighted by Crippen LogP contribution is -2.32. The van der Waals surface area contributed by atoms with Gasteiger partial charge >= 0.3 is 0 Å². The smallest absolute Gasteiger partial charge is 0.243 e. The zero-order valence-corrected chi connectivity index (χ0v) is 13.8. The van der Waals surface area contributed by atoms with Crippen LogP contribution in [-0.4, -0.2) is 39.1 Å². The van der Waals surface area contributed by atoms with Crippen molar-refractivity contribution >= 4 is 16.2 Å². The van der Waals surface area contributed by atoms with Crippen LogP contribution in [0, 0.1) is 0 Å². The Kier molecular flexibility index (Phi) is 7.39. The number of sulfonamides is 1. The first-order valence-electron chi connectivity index (χ1n) is 7.20. The number of hydrogen-bond donors (Lipinski definition) is 0.